The molecule has 1 fully saturated rings. The number of rotatable bonds is 7. The highest BCUT2D eigenvalue weighted by Crippen LogP contribution is 2.24. The van der Waals surface area contributed by atoms with Gasteiger partial charge in [-0.2, -0.15) is 0 Å². The number of amides is 1. The van der Waals surface area contributed by atoms with E-state index in [9.17, 15) is 4.79 Å². The molecule has 0 unspecified atom stereocenters. The molecule has 0 radical (unpaired) electrons. The van der Waals surface area contributed by atoms with Gasteiger partial charge in [0.1, 0.15) is 0 Å². The first-order chi connectivity index (χ1) is 10.7. The second kappa shape index (κ2) is 8.97. The molecular formula is C20H31NO. The number of nitrogens with zero attached hydrogens (tertiary/aromatic N) is 1. The van der Waals surface area contributed by atoms with Crippen molar-refractivity contribution >= 4 is 5.91 Å². The lowest BCUT2D eigenvalue weighted by Gasteiger charge is -2.34. The average molecular weight is 301 g/mol. The van der Waals surface area contributed by atoms with Crippen molar-refractivity contribution in [3.8, 4) is 0 Å². The molecule has 1 saturated heterocycles. The Morgan fingerprint density at radius 2 is 1.86 bits per heavy atom. The van der Waals surface area contributed by atoms with Crippen LogP contribution in [0.3, 0.4) is 0 Å². The van der Waals surface area contributed by atoms with Crippen molar-refractivity contribution in [3.05, 3.63) is 35.9 Å². The summed E-state index contributed by atoms with van der Waals surface area (Å²) >= 11 is 0. The van der Waals surface area contributed by atoms with E-state index >= 15 is 0 Å². The summed E-state index contributed by atoms with van der Waals surface area (Å²) in [4.78, 5) is 14.8. The smallest absolute Gasteiger partial charge is 0.225 e. The number of piperidine rings is 1. The predicted octanol–water partition coefficient (Wildman–Crippen LogP) is 4.68. The van der Waals surface area contributed by atoms with E-state index in [-0.39, 0.29) is 5.92 Å². The first-order valence-corrected chi connectivity index (χ1v) is 9.07. The zero-order valence-electron chi connectivity index (χ0n) is 14.3. The van der Waals surface area contributed by atoms with Gasteiger partial charge in [0.2, 0.25) is 5.91 Å². The van der Waals surface area contributed by atoms with Crippen molar-refractivity contribution in [1.82, 2.24) is 4.90 Å². The highest BCUT2D eigenvalue weighted by molar-refractivity contribution is 5.78. The molecule has 0 aromatic heterocycles. The van der Waals surface area contributed by atoms with Crippen molar-refractivity contribution < 1.29 is 4.79 Å². The maximum absolute atomic E-state index is 12.6. The monoisotopic (exact) mass is 301 g/mol. The van der Waals surface area contributed by atoms with Gasteiger partial charge in [-0.15, -0.1) is 0 Å². The quantitative estimate of drug-likeness (QED) is 0.716. The number of hydrogen-bond acceptors (Lipinski definition) is 1. The SMILES string of the molecule is CCCC[C@H](CC)C(=O)N1CCC(Cc2ccccc2)CC1. The number of likely N-dealkylation sites (tertiary alicyclic amines) is 1. The van der Waals surface area contributed by atoms with Gasteiger partial charge in [-0.3, -0.25) is 4.79 Å². The Balaban J connectivity index is 1.79. The predicted molar refractivity (Wildman–Crippen MR) is 92.8 cm³/mol. The molecule has 0 bridgehead atoms. The van der Waals surface area contributed by atoms with Crippen LogP contribution in [0.1, 0.15) is 57.9 Å². The van der Waals surface area contributed by atoms with Crippen molar-refractivity contribution in [3.63, 3.8) is 0 Å². The molecule has 1 aliphatic heterocycles. The summed E-state index contributed by atoms with van der Waals surface area (Å²) in [7, 11) is 0. The van der Waals surface area contributed by atoms with Crippen LogP contribution in [0.2, 0.25) is 0 Å². The lowest BCUT2D eigenvalue weighted by Crippen LogP contribution is -2.42. The van der Waals surface area contributed by atoms with Crippen molar-refractivity contribution in [1.29, 1.82) is 0 Å². The second-order valence-electron chi connectivity index (χ2n) is 6.71. The van der Waals surface area contributed by atoms with Crippen LogP contribution in [0.4, 0.5) is 0 Å². The van der Waals surface area contributed by atoms with E-state index in [4.69, 9.17) is 0 Å². The minimum absolute atomic E-state index is 0.255. The van der Waals surface area contributed by atoms with Gasteiger partial charge < -0.3 is 4.90 Å². The molecule has 1 atom stereocenters. The first-order valence-electron chi connectivity index (χ1n) is 9.07. The zero-order chi connectivity index (χ0) is 15.8. The topological polar surface area (TPSA) is 20.3 Å². The molecule has 0 spiro atoms. The van der Waals surface area contributed by atoms with Crippen molar-refractivity contribution in [2.45, 2.75) is 58.8 Å². The molecule has 2 heteroatoms. The Kier molecular flexibility index (Phi) is 6.95. The average Bonchev–Trinajstić information content (AvgIpc) is 2.57. The van der Waals surface area contributed by atoms with Crippen LogP contribution in [0, 0.1) is 11.8 Å². The van der Waals surface area contributed by atoms with Crippen LogP contribution in [-0.2, 0) is 11.2 Å². The van der Waals surface area contributed by atoms with Crippen molar-refractivity contribution in [2.24, 2.45) is 11.8 Å². The lowest BCUT2D eigenvalue weighted by molar-refractivity contribution is -0.137. The molecule has 122 valence electrons. The Hall–Kier alpha value is -1.31. The molecule has 2 rings (SSSR count). The highest BCUT2D eigenvalue weighted by Gasteiger charge is 2.26. The van der Waals surface area contributed by atoms with E-state index in [2.05, 4.69) is 49.1 Å². The van der Waals surface area contributed by atoms with Crippen LogP contribution in [0.5, 0.6) is 0 Å². The number of unbranched alkanes of at least 4 members (excludes halogenated alkanes) is 1. The van der Waals surface area contributed by atoms with Crippen LogP contribution in [0.15, 0.2) is 30.3 Å². The summed E-state index contributed by atoms with van der Waals surface area (Å²) < 4.78 is 0. The van der Waals surface area contributed by atoms with Crippen LogP contribution in [0.25, 0.3) is 0 Å². The summed E-state index contributed by atoms with van der Waals surface area (Å²) in [6, 6.07) is 10.7. The van der Waals surface area contributed by atoms with E-state index in [1.54, 1.807) is 0 Å². The zero-order valence-corrected chi connectivity index (χ0v) is 14.3. The van der Waals surface area contributed by atoms with Gasteiger partial charge in [0.05, 0.1) is 0 Å². The van der Waals surface area contributed by atoms with Gasteiger partial charge in [0.15, 0.2) is 0 Å². The lowest BCUT2D eigenvalue weighted by atomic mass is 9.89. The molecule has 1 aromatic rings. The van der Waals surface area contributed by atoms with Gasteiger partial charge in [0.25, 0.3) is 0 Å². The third-order valence-corrected chi connectivity index (χ3v) is 5.04. The fourth-order valence-corrected chi connectivity index (χ4v) is 3.52. The molecule has 1 amide bonds. The molecule has 1 aliphatic rings. The Bertz CT molecular complexity index is 434. The second-order valence-corrected chi connectivity index (χ2v) is 6.71. The number of benzene rings is 1. The van der Waals surface area contributed by atoms with Crippen LogP contribution < -0.4 is 0 Å². The fourth-order valence-electron chi connectivity index (χ4n) is 3.52. The highest BCUT2D eigenvalue weighted by atomic mass is 16.2. The Morgan fingerprint density at radius 1 is 1.18 bits per heavy atom. The van der Waals surface area contributed by atoms with E-state index < -0.39 is 0 Å². The normalized spacial score (nSPS) is 17.5. The summed E-state index contributed by atoms with van der Waals surface area (Å²) in [6.07, 6.45) is 7.89. The number of hydrogen-bond donors (Lipinski definition) is 0. The van der Waals surface area contributed by atoms with E-state index in [0.717, 1.165) is 51.1 Å². The van der Waals surface area contributed by atoms with Gasteiger partial charge in [0, 0.05) is 19.0 Å². The standard InChI is InChI=1S/C20H31NO/c1-3-5-11-19(4-2)20(22)21-14-12-18(13-15-21)16-17-9-7-6-8-10-17/h6-10,18-19H,3-5,11-16H2,1-2H3/t19-/m0/s1. The van der Waals surface area contributed by atoms with Crippen LogP contribution >= 0.6 is 0 Å². The van der Waals surface area contributed by atoms with Crippen LogP contribution in [-0.4, -0.2) is 23.9 Å². The Labute approximate surface area is 135 Å². The maximum atomic E-state index is 12.6. The number of carbonyl (C=O) groups is 1. The molecule has 0 aliphatic carbocycles. The minimum Gasteiger partial charge on any atom is -0.342 e. The summed E-state index contributed by atoms with van der Waals surface area (Å²) in [5.74, 6) is 1.40. The van der Waals surface area contributed by atoms with Crippen molar-refractivity contribution in [2.75, 3.05) is 13.1 Å². The van der Waals surface area contributed by atoms with E-state index in [1.165, 1.54) is 18.4 Å². The third-order valence-electron chi connectivity index (χ3n) is 5.04. The molecule has 0 N–H and O–H groups in total. The van der Waals surface area contributed by atoms with Gasteiger partial charge in [-0.05, 0) is 43.6 Å². The van der Waals surface area contributed by atoms with Gasteiger partial charge >= 0.3 is 0 Å². The third kappa shape index (κ3) is 4.86. The molecule has 1 aromatic carbocycles. The molecule has 22 heavy (non-hydrogen) atoms. The number of carbonyl (C=O) groups excluding carboxylic acids is 1. The Morgan fingerprint density at radius 3 is 2.45 bits per heavy atom. The molecule has 2 nitrogen and oxygen atoms in total. The summed E-state index contributed by atoms with van der Waals surface area (Å²) in [5, 5.41) is 0. The van der Waals surface area contributed by atoms with Gasteiger partial charge in [-0.1, -0.05) is 57.0 Å². The molecule has 0 saturated carbocycles. The molecular weight excluding hydrogens is 270 g/mol. The summed E-state index contributed by atoms with van der Waals surface area (Å²) in [5.41, 5.74) is 1.43. The largest absolute Gasteiger partial charge is 0.342 e. The minimum atomic E-state index is 0.255. The van der Waals surface area contributed by atoms with E-state index in [1.807, 2.05) is 0 Å². The first kappa shape index (κ1) is 17.1. The van der Waals surface area contributed by atoms with Gasteiger partial charge in [-0.25, -0.2) is 0 Å². The maximum Gasteiger partial charge on any atom is 0.225 e. The van der Waals surface area contributed by atoms with E-state index in [0.29, 0.717) is 5.91 Å². The fraction of sp³-hybridized carbons (Fsp3) is 0.650. The summed E-state index contributed by atoms with van der Waals surface area (Å²) in [6.45, 7) is 6.27. The molecule has 1 heterocycles.